The standard InChI is InChI=1S/C11H13NO2.CH4O/c1-9-4-2-5-10(8-9)12-11(14)6-3-7-13;1-2/h2,4-5,7-8H,3,6H2,1H3,(H,12,14);2H,1H3. The van der Waals surface area contributed by atoms with E-state index in [4.69, 9.17) is 5.11 Å². The molecule has 0 bridgehead atoms. The smallest absolute Gasteiger partial charge is 0.224 e. The second-order valence-corrected chi connectivity index (χ2v) is 3.12. The zero-order valence-electron chi connectivity index (χ0n) is 9.56. The van der Waals surface area contributed by atoms with Crippen molar-refractivity contribution in [1.82, 2.24) is 0 Å². The first-order valence-electron chi connectivity index (χ1n) is 4.97. The number of aryl methyl sites for hydroxylation is 1. The number of rotatable bonds is 4. The number of carbonyl (C=O) groups is 2. The minimum atomic E-state index is -0.122. The molecule has 1 rings (SSSR count). The van der Waals surface area contributed by atoms with Gasteiger partial charge in [-0.15, -0.1) is 0 Å². The highest BCUT2D eigenvalue weighted by Gasteiger charge is 2.00. The van der Waals surface area contributed by atoms with E-state index in [1.807, 2.05) is 31.2 Å². The molecular weight excluding hydrogens is 206 g/mol. The van der Waals surface area contributed by atoms with Crippen molar-refractivity contribution in [1.29, 1.82) is 0 Å². The monoisotopic (exact) mass is 223 g/mol. The number of aliphatic hydroxyl groups excluding tert-OH is 1. The summed E-state index contributed by atoms with van der Waals surface area (Å²) in [5, 5.41) is 9.72. The molecule has 4 nitrogen and oxygen atoms in total. The van der Waals surface area contributed by atoms with Crippen molar-refractivity contribution in [3.63, 3.8) is 0 Å². The molecule has 0 fully saturated rings. The van der Waals surface area contributed by atoms with Crippen molar-refractivity contribution in [3.8, 4) is 0 Å². The first kappa shape index (κ1) is 14.3. The van der Waals surface area contributed by atoms with Gasteiger partial charge in [0, 0.05) is 25.6 Å². The molecule has 0 saturated heterocycles. The fraction of sp³-hybridized carbons (Fsp3) is 0.333. The van der Waals surface area contributed by atoms with E-state index in [0.717, 1.165) is 24.6 Å². The van der Waals surface area contributed by atoms with Crippen LogP contribution in [0.5, 0.6) is 0 Å². The van der Waals surface area contributed by atoms with Crippen LogP contribution in [0.1, 0.15) is 18.4 Å². The highest BCUT2D eigenvalue weighted by Crippen LogP contribution is 2.09. The molecule has 0 aromatic heterocycles. The van der Waals surface area contributed by atoms with Crippen LogP contribution in [-0.4, -0.2) is 24.4 Å². The summed E-state index contributed by atoms with van der Waals surface area (Å²) in [5.74, 6) is -0.122. The Labute approximate surface area is 95.3 Å². The number of hydrogen-bond acceptors (Lipinski definition) is 3. The predicted octanol–water partition coefficient (Wildman–Crippen LogP) is 1.52. The van der Waals surface area contributed by atoms with Gasteiger partial charge >= 0.3 is 0 Å². The molecule has 88 valence electrons. The number of nitrogens with one attached hydrogen (secondary N) is 1. The van der Waals surface area contributed by atoms with E-state index >= 15 is 0 Å². The Morgan fingerprint density at radius 3 is 2.69 bits per heavy atom. The van der Waals surface area contributed by atoms with Gasteiger partial charge in [0.2, 0.25) is 5.91 Å². The maximum Gasteiger partial charge on any atom is 0.224 e. The molecule has 0 aliphatic carbocycles. The third-order valence-electron chi connectivity index (χ3n) is 1.79. The van der Waals surface area contributed by atoms with Gasteiger partial charge in [-0.05, 0) is 24.6 Å². The highest BCUT2D eigenvalue weighted by atomic mass is 16.2. The molecule has 0 radical (unpaired) electrons. The van der Waals surface area contributed by atoms with E-state index in [1.165, 1.54) is 0 Å². The molecule has 2 N–H and O–H groups in total. The molecule has 0 spiro atoms. The molecule has 1 aromatic rings. The Hall–Kier alpha value is -1.68. The molecule has 0 aliphatic heterocycles. The summed E-state index contributed by atoms with van der Waals surface area (Å²) in [5.41, 5.74) is 1.87. The molecule has 1 aromatic carbocycles. The Balaban J connectivity index is 0.00000106. The molecule has 0 unspecified atom stereocenters. The van der Waals surface area contributed by atoms with Crippen molar-refractivity contribution in [3.05, 3.63) is 29.8 Å². The SMILES string of the molecule is CO.Cc1cccc(NC(=O)CCC=O)c1. The maximum atomic E-state index is 11.2. The maximum absolute atomic E-state index is 11.2. The largest absolute Gasteiger partial charge is 0.400 e. The average molecular weight is 223 g/mol. The lowest BCUT2D eigenvalue weighted by Gasteiger charge is -2.04. The molecule has 4 heteroatoms. The van der Waals surface area contributed by atoms with Crippen molar-refractivity contribution >= 4 is 17.9 Å². The zero-order chi connectivity index (χ0) is 12.4. The van der Waals surface area contributed by atoms with Gasteiger partial charge in [0.1, 0.15) is 6.29 Å². The van der Waals surface area contributed by atoms with Crippen molar-refractivity contribution < 1.29 is 14.7 Å². The molecule has 0 atom stereocenters. The van der Waals surface area contributed by atoms with Gasteiger partial charge < -0.3 is 15.2 Å². The second-order valence-electron chi connectivity index (χ2n) is 3.12. The number of aldehydes is 1. The van der Waals surface area contributed by atoms with Crippen molar-refractivity contribution in [2.75, 3.05) is 12.4 Å². The molecule has 0 aliphatic rings. The van der Waals surface area contributed by atoms with Crippen LogP contribution >= 0.6 is 0 Å². The number of anilines is 1. The van der Waals surface area contributed by atoms with Gasteiger partial charge in [-0.2, -0.15) is 0 Å². The van der Waals surface area contributed by atoms with E-state index in [-0.39, 0.29) is 18.7 Å². The van der Waals surface area contributed by atoms with Gasteiger partial charge in [0.25, 0.3) is 0 Å². The van der Waals surface area contributed by atoms with E-state index in [0.29, 0.717) is 0 Å². The zero-order valence-corrected chi connectivity index (χ0v) is 9.56. The van der Waals surface area contributed by atoms with Crippen LogP contribution in [0, 0.1) is 6.92 Å². The fourth-order valence-corrected chi connectivity index (χ4v) is 1.14. The van der Waals surface area contributed by atoms with E-state index < -0.39 is 0 Å². The molecule has 0 saturated carbocycles. The van der Waals surface area contributed by atoms with Crippen molar-refractivity contribution in [2.45, 2.75) is 19.8 Å². The van der Waals surface area contributed by atoms with Gasteiger partial charge in [0.15, 0.2) is 0 Å². The number of aliphatic hydroxyl groups is 1. The van der Waals surface area contributed by atoms with Gasteiger partial charge in [-0.25, -0.2) is 0 Å². The summed E-state index contributed by atoms with van der Waals surface area (Å²) in [6, 6.07) is 7.55. The molecular formula is C12H17NO3. The number of hydrogen-bond donors (Lipinski definition) is 2. The van der Waals surface area contributed by atoms with E-state index in [1.54, 1.807) is 0 Å². The summed E-state index contributed by atoms with van der Waals surface area (Å²) in [6.45, 7) is 1.96. The lowest BCUT2D eigenvalue weighted by Crippen LogP contribution is -2.11. The molecule has 16 heavy (non-hydrogen) atoms. The lowest BCUT2D eigenvalue weighted by molar-refractivity contribution is -0.118. The topological polar surface area (TPSA) is 66.4 Å². The third kappa shape index (κ3) is 5.93. The third-order valence-corrected chi connectivity index (χ3v) is 1.79. The average Bonchev–Trinajstić information content (AvgIpc) is 2.29. The van der Waals surface area contributed by atoms with E-state index in [9.17, 15) is 9.59 Å². The van der Waals surface area contributed by atoms with Crippen LogP contribution < -0.4 is 5.32 Å². The summed E-state index contributed by atoms with van der Waals surface area (Å²) in [7, 11) is 1.00. The van der Waals surface area contributed by atoms with E-state index in [2.05, 4.69) is 5.32 Å². The normalized spacial score (nSPS) is 8.69. The Morgan fingerprint density at radius 2 is 2.12 bits per heavy atom. The first-order chi connectivity index (χ1) is 7.72. The van der Waals surface area contributed by atoms with Crippen LogP contribution in [0.3, 0.4) is 0 Å². The second kappa shape index (κ2) is 8.61. The highest BCUT2D eigenvalue weighted by molar-refractivity contribution is 5.91. The van der Waals surface area contributed by atoms with Gasteiger partial charge in [-0.3, -0.25) is 4.79 Å². The Kier molecular flexibility index (Phi) is 7.71. The van der Waals surface area contributed by atoms with Crippen molar-refractivity contribution in [2.24, 2.45) is 0 Å². The quantitative estimate of drug-likeness (QED) is 0.760. The van der Waals surface area contributed by atoms with Crippen LogP contribution in [0.4, 0.5) is 5.69 Å². The number of carbonyl (C=O) groups excluding carboxylic acids is 2. The molecule has 0 heterocycles. The number of benzene rings is 1. The summed E-state index contributed by atoms with van der Waals surface area (Å²) < 4.78 is 0. The van der Waals surface area contributed by atoms with Crippen LogP contribution in [-0.2, 0) is 9.59 Å². The lowest BCUT2D eigenvalue weighted by atomic mass is 10.2. The predicted molar refractivity (Wildman–Crippen MR) is 63.2 cm³/mol. The summed E-state index contributed by atoms with van der Waals surface area (Å²) in [4.78, 5) is 21.2. The van der Waals surface area contributed by atoms with Gasteiger partial charge in [-0.1, -0.05) is 12.1 Å². The van der Waals surface area contributed by atoms with Crippen LogP contribution in [0.15, 0.2) is 24.3 Å². The minimum Gasteiger partial charge on any atom is -0.400 e. The summed E-state index contributed by atoms with van der Waals surface area (Å²) >= 11 is 0. The Bertz CT molecular complexity index is 337. The minimum absolute atomic E-state index is 0.122. The molecule has 1 amide bonds. The first-order valence-corrected chi connectivity index (χ1v) is 4.97. The van der Waals surface area contributed by atoms with Crippen LogP contribution in [0.2, 0.25) is 0 Å². The van der Waals surface area contributed by atoms with Crippen LogP contribution in [0.25, 0.3) is 0 Å². The fourth-order valence-electron chi connectivity index (χ4n) is 1.14. The van der Waals surface area contributed by atoms with Gasteiger partial charge in [0.05, 0.1) is 0 Å². The summed E-state index contributed by atoms with van der Waals surface area (Å²) in [6.07, 6.45) is 1.27. The number of amides is 1. The Morgan fingerprint density at radius 1 is 1.44 bits per heavy atom.